The average molecular weight is 373 g/mol. The van der Waals surface area contributed by atoms with E-state index < -0.39 is 0 Å². The Morgan fingerprint density at radius 3 is 1.00 bits per heavy atom. The number of rotatable bonds is 1. The minimum absolute atomic E-state index is 1.04. The Balaban J connectivity index is 0.00000111. The first-order chi connectivity index (χ1) is 13.7. The summed E-state index contributed by atoms with van der Waals surface area (Å²) >= 11 is 0. The van der Waals surface area contributed by atoms with Crippen molar-refractivity contribution in [2.45, 2.75) is 55.4 Å². The van der Waals surface area contributed by atoms with Crippen molar-refractivity contribution in [1.82, 2.24) is 0 Å². The monoisotopic (exact) mass is 372 g/mol. The molecule has 3 rings (SSSR count). The van der Waals surface area contributed by atoms with Crippen molar-refractivity contribution in [2.24, 2.45) is 0 Å². The van der Waals surface area contributed by atoms with Crippen LogP contribution in [-0.4, -0.2) is 0 Å². The van der Waals surface area contributed by atoms with Crippen molar-refractivity contribution in [3.63, 3.8) is 0 Å². The first-order valence-corrected chi connectivity index (χ1v) is 10.5. The molecule has 3 aromatic rings. The van der Waals surface area contributed by atoms with Crippen LogP contribution in [0.4, 0.5) is 0 Å². The smallest absolute Gasteiger partial charge is 0.0249 e. The fourth-order valence-electron chi connectivity index (χ4n) is 2.27. The molecule has 0 spiro atoms. The van der Waals surface area contributed by atoms with Gasteiger partial charge in [0.15, 0.2) is 0 Å². The third kappa shape index (κ3) is 8.74. The number of hydrogen-bond acceptors (Lipinski definition) is 0. The largest absolute Gasteiger partial charge is 0.0683 e. The van der Waals surface area contributed by atoms with Crippen LogP contribution in [-0.2, 0) is 0 Å². The molecule has 0 heteroatoms. The molecule has 0 heterocycles. The zero-order valence-corrected chi connectivity index (χ0v) is 18.9. The fraction of sp³-hybridized carbons (Fsp3) is 0.286. The molecule has 0 aliphatic heterocycles. The minimum Gasteiger partial charge on any atom is -0.0683 e. The maximum atomic E-state index is 3.22. The Morgan fingerprint density at radius 1 is 0.393 bits per heavy atom. The van der Waals surface area contributed by atoms with Crippen LogP contribution in [0.1, 0.15) is 63.8 Å². The van der Waals surface area contributed by atoms with E-state index in [-0.39, 0.29) is 0 Å². The lowest BCUT2D eigenvalue weighted by Crippen LogP contribution is -1.80. The SMILES string of the molecule is CC.CC.CC.Cc1ccc(C#Cc2ccc(-c3ccc(C)cc3)cc2)cc1. The zero-order chi connectivity index (χ0) is 21.4. The van der Waals surface area contributed by atoms with Crippen LogP contribution in [0, 0.1) is 25.7 Å². The number of aryl methyl sites for hydroxylation is 2. The molecule has 0 saturated carbocycles. The van der Waals surface area contributed by atoms with Gasteiger partial charge in [-0.1, -0.05) is 113 Å². The molecule has 0 nitrogen and oxygen atoms in total. The normalized spacial score (nSPS) is 8.43. The van der Waals surface area contributed by atoms with Gasteiger partial charge in [-0.2, -0.15) is 0 Å². The third-order valence-corrected chi connectivity index (χ3v) is 3.67. The van der Waals surface area contributed by atoms with Gasteiger partial charge in [-0.3, -0.25) is 0 Å². The van der Waals surface area contributed by atoms with E-state index in [0.717, 1.165) is 11.1 Å². The summed E-state index contributed by atoms with van der Waals surface area (Å²) in [4.78, 5) is 0. The second-order valence-corrected chi connectivity index (χ2v) is 5.56. The predicted octanol–water partition coefficient (Wildman–Crippen LogP) is 8.45. The summed E-state index contributed by atoms with van der Waals surface area (Å²) < 4.78 is 0. The summed E-state index contributed by atoms with van der Waals surface area (Å²) in [6.45, 7) is 16.2. The molecule has 0 radical (unpaired) electrons. The molecule has 0 amide bonds. The van der Waals surface area contributed by atoms with E-state index in [1.807, 2.05) is 41.5 Å². The van der Waals surface area contributed by atoms with Gasteiger partial charge < -0.3 is 0 Å². The molecule has 28 heavy (non-hydrogen) atoms. The minimum atomic E-state index is 1.04. The van der Waals surface area contributed by atoms with Gasteiger partial charge in [-0.25, -0.2) is 0 Å². The summed E-state index contributed by atoms with van der Waals surface area (Å²) in [5, 5.41) is 0. The molecule has 0 atom stereocenters. The van der Waals surface area contributed by atoms with Crippen molar-refractivity contribution in [2.75, 3.05) is 0 Å². The number of benzene rings is 3. The quantitative estimate of drug-likeness (QED) is 0.376. The van der Waals surface area contributed by atoms with E-state index in [9.17, 15) is 0 Å². The Hall–Kier alpha value is -2.78. The van der Waals surface area contributed by atoms with Gasteiger partial charge >= 0.3 is 0 Å². The topological polar surface area (TPSA) is 0 Å². The molecule has 0 fully saturated rings. The molecule has 0 aliphatic carbocycles. The van der Waals surface area contributed by atoms with E-state index >= 15 is 0 Å². The Morgan fingerprint density at radius 2 is 0.643 bits per heavy atom. The number of hydrogen-bond donors (Lipinski definition) is 0. The summed E-state index contributed by atoms with van der Waals surface area (Å²) in [5.41, 5.74) is 7.09. The first-order valence-electron chi connectivity index (χ1n) is 10.5. The first kappa shape index (κ1) is 25.2. The van der Waals surface area contributed by atoms with E-state index in [2.05, 4.69) is 98.5 Å². The molecule has 0 bridgehead atoms. The highest BCUT2D eigenvalue weighted by Crippen LogP contribution is 2.20. The molecule has 3 aromatic carbocycles. The third-order valence-electron chi connectivity index (χ3n) is 3.67. The lowest BCUT2D eigenvalue weighted by molar-refractivity contribution is 1.46. The predicted molar refractivity (Wildman–Crippen MR) is 128 cm³/mol. The van der Waals surface area contributed by atoms with Crippen LogP contribution >= 0.6 is 0 Å². The van der Waals surface area contributed by atoms with Gasteiger partial charge in [-0.05, 0) is 49.2 Å². The second kappa shape index (κ2) is 15.3. The van der Waals surface area contributed by atoms with Crippen molar-refractivity contribution in [3.8, 4) is 23.0 Å². The van der Waals surface area contributed by atoms with Gasteiger partial charge in [0, 0.05) is 11.1 Å². The summed E-state index contributed by atoms with van der Waals surface area (Å²) in [7, 11) is 0. The molecule has 148 valence electrons. The second-order valence-electron chi connectivity index (χ2n) is 5.56. The van der Waals surface area contributed by atoms with Crippen molar-refractivity contribution in [3.05, 3.63) is 95.1 Å². The van der Waals surface area contributed by atoms with Gasteiger partial charge in [0.25, 0.3) is 0 Å². The van der Waals surface area contributed by atoms with Crippen LogP contribution in [0.25, 0.3) is 11.1 Å². The van der Waals surface area contributed by atoms with Crippen LogP contribution in [0.3, 0.4) is 0 Å². The molecular formula is C28H36. The maximum Gasteiger partial charge on any atom is 0.0249 e. The highest BCUT2D eigenvalue weighted by Gasteiger charge is 1.97. The Bertz CT molecular complexity index is 808. The van der Waals surface area contributed by atoms with Crippen LogP contribution in [0.2, 0.25) is 0 Å². The Labute approximate surface area is 173 Å². The molecule has 0 saturated heterocycles. The van der Waals surface area contributed by atoms with Crippen molar-refractivity contribution in [1.29, 1.82) is 0 Å². The standard InChI is InChI=1S/C22H18.3C2H6/c1-17-3-7-19(8-4-17)9-10-20-11-15-22(16-12-20)21-13-5-18(2)6-14-21;3*1-2/h3-8,11-16H,1-2H3;3*1-2H3. The average Bonchev–Trinajstić information content (AvgIpc) is 2.78. The van der Waals surface area contributed by atoms with E-state index in [1.165, 1.54) is 22.3 Å². The zero-order valence-electron chi connectivity index (χ0n) is 18.9. The molecule has 0 N–H and O–H groups in total. The molecule has 0 aromatic heterocycles. The summed E-state index contributed by atoms with van der Waals surface area (Å²) in [6.07, 6.45) is 0. The molecular weight excluding hydrogens is 336 g/mol. The molecule has 0 aliphatic rings. The van der Waals surface area contributed by atoms with Crippen LogP contribution in [0.5, 0.6) is 0 Å². The van der Waals surface area contributed by atoms with Crippen molar-refractivity contribution >= 4 is 0 Å². The Kier molecular flexibility index (Phi) is 13.8. The molecule has 0 unspecified atom stereocenters. The van der Waals surface area contributed by atoms with E-state index in [1.54, 1.807) is 0 Å². The van der Waals surface area contributed by atoms with Gasteiger partial charge in [0.1, 0.15) is 0 Å². The summed E-state index contributed by atoms with van der Waals surface area (Å²) in [6, 6.07) is 25.3. The van der Waals surface area contributed by atoms with E-state index in [0.29, 0.717) is 0 Å². The fourth-order valence-corrected chi connectivity index (χ4v) is 2.27. The van der Waals surface area contributed by atoms with Crippen LogP contribution < -0.4 is 0 Å². The highest BCUT2D eigenvalue weighted by molar-refractivity contribution is 5.64. The van der Waals surface area contributed by atoms with Gasteiger partial charge in [0.05, 0.1) is 0 Å². The summed E-state index contributed by atoms with van der Waals surface area (Å²) in [5.74, 6) is 6.42. The van der Waals surface area contributed by atoms with E-state index in [4.69, 9.17) is 0 Å². The lowest BCUT2D eigenvalue weighted by Gasteiger charge is -2.02. The lowest BCUT2D eigenvalue weighted by atomic mass is 10.0. The van der Waals surface area contributed by atoms with Crippen molar-refractivity contribution < 1.29 is 0 Å². The van der Waals surface area contributed by atoms with Gasteiger partial charge in [0.2, 0.25) is 0 Å². The highest BCUT2D eigenvalue weighted by atomic mass is 14.0. The van der Waals surface area contributed by atoms with Crippen LogP contribution in [0.15, 0.2) is 72.8 Å². The van der Waals surface area contributed by atoms with Gasteiger partial charge in [-0.15, -0.1) is 0 Å². The maximum absolute atomic E-state index is 3.22.